The van der Waals surface area contributed by atoms with Crippen LogP contribution in [0.25, 0.3) is 0 Å². The van der Waals surface area contributed by atoms with Crippen molar-refractivity contribution in [2.75, 3.05) is 25.6 Å². The molecule has 0 aromatic heterocycles. The first-order valence-electron chi connectivity index (χ1n) is 6.14. The second-order valence-electron chi connectivity index (χ2n) is 4.12. The van der Waals surface area contributed by atoms with Crippen LogP contribution in [0.2, 0.25) is 0 Å². The van der Waals surface area contributed by atoms with Gasteiger partial charge in [-0.1, -0.05) is 0 Å². The Morgan fingerprint density at radius 3 is 2.65 bits per heavy atom. The lowest BCUT2D eigenvalue weighted by molar-refractivity contribution is 0.0694. The number of carboxylic acids is 1. The van der Waals surface area contributed by atoms with Crippen molar-refractivity contribution in [3.05, 3.63) is 23.8 Å². The van der Waals surface area contributed by atoms with Gasteiger partial charge in [0.2, 0.25) is 0 Å². The van der Waals surface area contributed by atoms with Gasteiger partial charge in [-0.3, -0.25) is 0 Å². The topological polar surface area (TPSA) is 108 Å². The van der Waals surface area contributed by atoms with E-state index in [1.807, 2.05) is 0 Å². The Morgan fingerprint density at radius 1 is 1.30 bits per heavy atom. The molecule has 1 rings (SSSR count). The van der Waals surface area contributed by atoms with Crippen LogP contribution < -0.4 is 10.6 Å². The summed E-state index contributed by atoms with van der Waals surface area (Å²) < 4.78 is 4.88. The average molecular weight is 282 g/mol. The number of anilines is 1. The van der Waals surface area contributed by atoms with E-state index in [2.05, 4.69) is 10.6 Å². The highest BCUT2D eigenvalue weighted by Gasteiger charge is 2.10. The molecular weight excluding hydrogens is 264 g/mol. The lowest BCUT2D eigenvalue weighted by Gasteiger charge is -2.08. The number of phenols is 1. The maximum atomic E-state index is 11.5. The third kappa shape index (κ3) is 5.15. The number of hydrogen-bond acceptors (Lipinski definition) is 4. The molecule has 0 heterocycles. The van der Waals surface area contributed by atoms with Crippen molar-refractivity contribution in [2.45, 2.75) is 12.8 Å². The Hall–Kier alpha value is -2.28. The molecule has 110 valence electrons. The van der Waals surface area contributed by atoms with E-state index in [4.69, 9.17) is 9.84 Å². The van der Waals surface area contributed by atoms with E-state index in [-0.39, 0.29) is 5.56 Å². The molecule has 1 aromatic carbocycles. The SMILES string of the molecule is COCCCCNC(=O)Nc1ccc(C(=O)O)c(O)c1. The van der Waals surface area contributed by atoms with Gasteiger partial charge in [0.05, 0.1) is 0 Å². The van der Waals surface area contributed by atoms with Crippen LogP contribution >= 0.6 is 0 Å². The fourth-order valence-corrected chi connectivity index (χ4v) is 1.54. The van der Waals surface area contributed by atoms with Gasteiger partial charge in [-0.25, -0.2) is 9.59 Å². The molecular formula is C13H18N2O5. The minimum atomic E-state index is -1.23. The number of aromatic hydroxyl groups is 1. The number of aromatic carboxylic acids is 1. The molecule has 4 N–H and O–H groups in total. The largest absolute Gasteiger partial charge is 0.507 e. The van der Waals surface area contributed by atoms with Crippen molar-refractivity contribution >= 4 is 17.7 Å². The molecule has 0 unspecified atom stereocenters. The summed E-state index contributed by atoms with van der Waals surface area (Å²) in [4.78, 5) is 22.2. The van der Waals surface area contributed by atoms with Gasteiger partial charge in [0.15, 0.2) is 0 Å². The summed E-state index contributed by atoms with van der Waals surface area (Å²) in [6, 6.07) is 3.41. The monoisotopic (exact) mass is 282 g/mol. The molecule has 0 fully saturated rings. The van der Waals surface area contributed by atoms with Crippen molar-refractivity contribution in [1.82, 2.24) is 5.32 Å². The molecule has 0 bridgehead atoms. The summed E-state index contributed by atoms with van der Waals surface area (Å²) in [7, 11) is 1.62. The van der Waals surface area contributed by atoms with E-state index >= 15 is 0 Å². The van der Waals surface area contributed by atoms with Crippen LogP contribution in [0.4, 0.5) is 10.5 Å². The molecule has 0 saturated heterocycles. The molecule has 0 aliphatic rings. The summed E-state index contributed by atoms with van der Waals surface area (Å²) in [6.45, 7) is 1.15. The third-order valence-electron chi connectivity index (χ3n) is 2.55. The van der Waals surface area contributed by atoms with Crippen molar-refractivity contribution < 1.29 is 24.5 Å². The van der Waals surface area contributed by atoms with E-state index in [0.717, 1.165) is 12.8 Å². The Morgan fingerprint density at radius 2 is 2.05 bits per heavy atom. The molecule has 0 atom stereocenters. The predicted molar refractivity (Wildman–Crippen MR) is 73.2 cm³/mol. The molecule has 0 saturated carbocycles. The molecule has 20 heavy (non-hydrogen) atoms. The fourth-order valence-electron chi connectivity index (χ4n) is 1.54. The Labute approximate surface area is 116 Å². The molecule has 0 radical (unpaired) electrons. The molecule has 1 aromatic rings. The number of rotatable bonds is 7. The molecule has 7 heteroatoms. The van der Waals surface area contributed by atoms with Crippen LogP contribution in [0.15, 0.2) is 18.2 Å². The van der Waals surface area contributed by atoms with Gasteiger partial charge in [0, 0.05) is 32.0 Å². The standard InChI is InChI=1S/C13H18N2O5/c1-20-7-3-2-6-14-13(19)15-9-4-5-10(12(17)18)11(16)8-9/h4-5,8,16H,2-3,6-7H2,1H3,(H,17,18)(H2,14,15,19). The number of benzene rings is 1. The van der Waals surface area contributed by atoms with Crippen molar-refractivity contribution in [3.63, 3.8) is 0 Å². The molecule has 0 aliphatic carbocycles. The van der Waals surface area contributed by atoms with Crippen molar-refractivity contribution in [1.29, 1.82) is 0 Å². The van der Waals surface area contributed by atoms with Crippen LogP contribution in [0.1, 0.15) is 23.2 Å². The molecule has 7 nitrogen and oxygen atoms in total. The zero-order chi connectivity index (χ0) is 15.0. The second-order valence-corrected chi connectivity index (χ2v) is 4.12. The van der Waals surface area contributed by atoms with E-state index in [1.165, 1.54) is 18.2 Å². The number of unbranched alkanes of at least 4 members (excludes halogenated alkanes) is 1. The van der Waals surface area contributed by atoms with E-state index in [9.17, 15) is 14.7 Å². The normalized spacial score (nSPS) is 10.1. The van der Waals surface area contributed by atoms with E-state index in [0.29, 0.717) is 18.8 Å². The Kier molecular flexibility index (Phi) is 6.31. The van der Waals surface area contributed by atoms with Crippen molar-refractivity contribution in [3.8, 4) is 5.75 Å². The third-order valence-corrected chi connectivity index (χ3v) is 2.55. The van der Waals surface area contributed by atoms with Gasteiger partial charge < -0.3 is 25.6 Å². The first-order valence-corrected chi connectivity index (χ1v) is 6.14. The zero-order valence-corrected chi connectivity index (χ0v) is 11.2. The highest BCUT2D eigenvalue weighted by molar-refractivity contribution is 5.93. The quantitative estimate of drug-likeness (QED) is 0.569. The van der Waals surface area contributed by atoms with Gasteiger partial charge >= 0.3 is 12.0 Å². The average Bonchev–Trinajstić information content (AvgIpc) is 2.38. The lowest BCUT2D eigenvalue weighted by atomic mass is 10.2. The summed E-state index contributed by atoms with van der Waals surface area (Å²) in [5.41, 5.74) is 0.109. The minimum absolute atomic E-state index is 0.212. The first-order chi connectivity index (χ1) is 9.54. The summed E-state index contributed by atoms with van der Waals surface area (Å²) in [6.07, 6.45) is 1.65. The number of hydrogen-bond donors (Lipinski definition) is 4. The lowest BCUT2D eigenvalue weighted by Crippen LogP contribution is -2.29. The number of carbonyl (C=O) groups excluding carboxylic acids is 1. The number of carbonyl (C=O) groups is 2. The summed E-state index contributed by atoms with van der Waals surface area (Å²) >= 11 is 0. The Balaban J connectivity index is 2.42. The number of carboxylic acid groups (broad SMARTS) is 1. The number of urea groups is 1. The van der Waals surface area contributed by atoms with Crippen LogP contribution in [-0.4, -0.2) is 42.5 Å². The molecule has 0 aliphatic heterocycles. The maximum absolute atomic E-state index is 11.5. The van der Waals surface area contributed by atoms with E-state index < -0.39 is 17.7 Å². The zero-order valence-electron chi connectivity index (χ0n) is 11.2. The van der Waals surface area contributed by atoms with Gasteiger partial charge in [-0.2, -0.15) is 0 Å². The van der Waals surface area contributed by atoms with Crippen LogP contribution in [0, 0.1) is 0 Å². The van der Waals surface area contributed by atoms with E-state index in [1.54, 1.807) is 7.11 Å². The second kappa shape index (κ2) is 8.00. The van der Waals surface area contributed by atoms with Crippen LogP contribution in [0.3, 0.4) is 0 Å². The number of nitrogens with one attached hydrogen (secondary N) is 2. The Bertz CT molecular complexity index is 476. The number of amides is 2. The van der Waals surface area contributed by atoms with Gasteiger partial charge in [0.1, 0.15) is 11.3 Å². The molecule has 2 amide bonds. The van der Waals surface area contributed by atoms with Crippen LogP contribution in [-0.2, 0) is 4.74 Å². The van der Waals surface area contributed by atoms with Crippen molar-refractivity contribution in [2.24, 2.45) is 0 Å². The summed E-state index contributed by atoms with van der Waals surface area (Å²) in [5, 5.41) is 23.4. The summed E-state index contributed by atoms with van der Waals surface area (Å²) in [5.74, 6) is -1.62. The fraction of sp³-hybridized carbons (Fsp3) is 0.385. The number of ether oxygens (including phenoxy) is 1. The molecule has 0 spiro atoms. The number of methoxy groups -OCH3 is 1. The predicted octanol–water partition coefficient (Wildman–Crippen LogP) is 1.64. The highest BCUT2D eigenvalue weighted by atomic mass is 16.5. The van der Waals surface area contributed by atoms with Crippen LogP contribution in [0.5, 0.6) is 5.75 Å². The smallest absolute Gasteiger partial charge is 0.339 e. The van der Waals surface area contributed by atoms with Gasteiger partial charge in [-0.15, -0.1) is 0 Å². The van der Waals surface area contributed by atoms with Gasteiger partial charge in [-0.05, 0) is 25.0 Å². The maximum Gasteiger partial charge on any atom is 0.339 e. The minimum Gasteiger partial charge on any atom is -0.507 e. The first kappa shape index (κ1) is 15.8. The highest BCUT2D eigenvalue weighted by Crippen LogP contribution is 2.21. The van der Waals surface area contributed by atoms with Gasteiger partial charge in [0.25, 0.3) is 0 Å².